The molecular formula is C18H26N2O. The molecule has 1 aromatic rings. The van der Waals surface area contributed by atoms with Gasteiger partial charge in [0.05, 0.1) is 0 Å². The molecule has 1 saturated carbocycles. The molecule has 1 aliphatic heterocycles. The molecule has 2 fully saturated rings. The number of hydrogen-bond acceptors (Lipinski definition) is 2. The fraction of sp³-hybridized carbons (Fsp3) is 0.611. The molecule has 21 heavy (non-hydrogen) atoms. The maximum Gasteiger partial charge on any atom is 0.223 e. The largest absolute Gasteiger partial charge is 0.335 e. The Balaban J connectivity index is 1.62. The Morgan fingerprint density at radius 2 is 2.00 bits per heavy atom. The van der Waals surface area contributed by atoms with E-state index in [1.807, 2.05) is 0 Å². The van der Waals surface area contributed by atoms with Crippen molar-refractivity contribution in [3.05, 3.63) is 35.4 Å². The van der Waals surface area contributed by atoms with Gasteiger partial charge in [-0.2, -0.15) is 0 Å². The summed E-state index contributed by atoms with van der Waals surface area (Å²) >= 11 is 0. The number of amides is 1. The van der Waals surface area contributed by atoms with E-state index in [-0.39, 0.29) is 0 Å². The Bertz CT molecular complexity index is 490. The van der Waals surface area contributed by atoms with Gasteiger partial charge in [0.15, 0.2) is 0 Å². The van der Waals surface area contributed by atoms with Crippen LogP contribution in [-0.4, -0.2) is 29.9 Å². The fourth-order valence-corrected chi connectivity index (χ4v) is 3.26. The summed E-state index contributed by atoms with van der Waals surface area (Å²) in [6, 6.07) is 9.04. The van der Waals surface area contributed by atoms with Crippen molar-refractivity contribution in [2.45, 2.75) is 51.6 Å². The summed E-state index contributed by atoms with van der Waals surface area (Å²) in [5.41, 5.74) is 2.54. The molecule has 3 heteroatoms. The SMILES string of the molecule is Cc1cccc(CN(C(=O)CC2CCNCC2)C2CC2)c1. The van der Waals surface area contributed by atoms with Gasteiger partial charge in [-0.25, -0.2) is 0 Å². The molecule has 1 saturated heterocycles. The van der Waals surface area contributed by atoms with Gasteiger partial charge in [-0.05, 0) is 57.2 Å². The highest BCUT2D eigenvalue weighted by Crippen LogP contribution is 2.30. The van der Waals surface area contributed by atoms with Gasteiger partial charge in [-0.15, -0.1) is 0 Å². The lowest BCUT2D eigenvalue weighted by Gasteiger charge is -2.27. The van der Waals surface area contributed by atoms with Crippen LogP contribution in [0.4, 0.5) is 0 Å². The van der Waals surface area contributed by atoms with Crippen LogP contribution in [0.3, 0.4) is 0 Å². The van der Waals surface area contributed by atoms with E-state index < -0.39 is 0 Å². The molecule has 1 N–H and O–H groups in total. The minimum atomic E-state index is 0.367. The van der Waals surface area contributed by atoms with E-state index in [4.69, 9.17) is 0 Å². The van der Waals surface area contributed by atoms with Crippen molar-refractivity contribution in [3.63, 3.8) is 0 Å². The van der Waals surface area contributed by atoms with E-state index in [2.05, 4.69) is 41.4 Å². The standard InChI is InChI=1S/C18H26N2O/c1-14-3-2-4-16(11-14)13-20(17-5-6-17)18(21)12-15-7-9-19-10-8-15/h2-4,11,15,17,19H,5-10,12-13H2,1H3. The second-order valence-electron chi connectivity index (χ2n) is 6.64. The van der Waals surface area contributed by atoms with Crippen molar-refractivity contribution < 1.29 is 4.79 Å². The number of carbonyl (C=O) groups is 1. The van der Waals surface area contributed by atoms with Crippen molar-refractivity contribution in [1.29, 1.82) is 0 Å². The predicted molar refractivity (Wildman–Crippen MR) is 85.0 cm³/mol. The minimum absolute atomic E-state index is 0.367. The maximum atomic E-state index is 12.7. The summed E-state index contributed by atoms with van der Waals surface area (Å²) in [6.45, 7) is 5.04. The molecule has 0 radical (unpaired) electrons. The third-order valence-electron chi connectivity index (χ3n) is 4.67. The van der Waals surface area contributed by atoms with Crippen LogP contribution in [0.5, 0.6) is 0 Å². The quantitative estimate of drug-likeness (QED) is 0.902. The lowest BCUT2D eigenvalue weighted by atomic mass is 9.94. The van der Waals surface area contributed by atoms with E-state index in [1.54, 1.807) is 0 Å². The van der Waals surface area contributed by atoms with Gasteiger partial charge in [0.25, 0.3) is 0 Å². The van der Waals surface area contributed by atoms with E-state index in [9.17, 15) is 4.79 Å². The fourth-order valence-electron chi connectivity index (χ4n) is 3.26. The summed E-state index contributed by atoms with van der Waals surface area (Å²) in [4.78, 5) is 14.8. The van der Waals surface area contributed by atoms with Crippen molar-refractivity contribution in [1.82, 2.24) is 10.2 Å². The molecule has 1 aliphatic carbocycles. The topological polar surface area (TPSA) is 32.3 Å². The van der Waals surface area contributed by atoms with Crippen LogP contribution in [-0.2, 0) is 11.3 Å². The minimum Gasteiger partial charge on any atom is -0.335 e. The summed E-state index contributed by atoms with van der Waals surface area (Å²) in [6.07, 6.45) is 5.40. The second-order valence-corrected chi connectivity index (χ2v) is 6.64. The summed E-state index contributed by atoms with van der Waals surface area (Å²) in [5, 5.41) is 3.37. The zero-order chi connectivity index (χ0) is 14.7. The molecular weight excluding hydrogens is 260 g/mol. The highest BCUT2D eigenvalue weighted by Gasteiger charge is 2.33. The maximum absolute atomic E-state index is 12.7. The van der Waals surface area contributed by atoms with Crippen LogP contribution < -0.4 is 5.32 Å². The highest BCUT2D eigenvalue weighted by atomic mass is 16.2. The zero-order valence-electron chi connectivity index (χ0n) is 13.0. The van der Waals surface area contributed by atoms with Crippen LogP contribution in [0.15, 0.2) is 24.3 Å². The number of carbonyl (C=O) groups excluding carboxylic acids is 1. The normalized spacial score (nSPS) is 19.5. The van der Waals surface area contributed by atoms with Gasteiger partial charge in [0.2, 0.25) is 5.91 Å². The molecule has 1 heterocycles. The van der Waals surface area contributed by atoms with E-state index in [0.717, 1.165) is 38.9 Å². The van der Waals surface area contributed by atoms with Crippen LogP contribution in [0, 0.1) is 12.8 Å². The first-order valence-electron chi connectivity index (χ1n) is 8.28. The average Bonchev–Trinajstić information content (AvgIpc) is 3.30. The number of aryl methyl sites for hydroxylation is 1. The van der Waals surface area contributed by atoms with Gasteiger partial charge >= 0.3 is 0 Å². The number of rotatable bonds is 5. The monoisotopic (exact) mass is 286 g/mol. The lowest BCUT2D eigenvalue weighted by Crippen LogP contribution is -2.36. The Morgan fingerprint density at radius 1 is 1.24 bits per heavy atom. The molecule has 114 valence electrons. The summed E-state index contributed by atoms with van der Waals surface area (Å²) in [7, 11) is 0. The van der Waals surface area contributed by atoms with Gasteiger partial charge in [0.1, 0.15) is 0 Å². The number of benzene rings is 1. The first-order valence-corrected chi connectivity index (χ1v) is 8.28. The Labute approximate surface area is 127 Å². The third kappa shape index (κ3) is 4.07. The predicted octanol–water partition coefficient (Wildman–Crippen LogP) is 2.88. The molecule has 0 unspecified atom stereocenters. The summed E-state index contributed by atoms with van der Waals surface area (Å²) < 4.78 is 0. The molecule has 0 bridgehead atoms. The number of nitrogens with one attached hydrogen (secondary N) is 1. The van der Waals surface area contributed by atoms with E-state index in [0.29, 0.717) is 17.9 Å². The average molecular weight is 286 g/mol. The Kier molecular flexibility index (Phi) is 4.59. The molecule has 0 aromatic heterocycles. The van der Waals surface area contributed by atoms with Crippen molar-refractivity contribution >= 4 is 5.91 Å². The van der Waals surface area contributed by atoms with Crippen molar-refractivity contribution in [3.8, 4) is 0 Å². The van der Waals surface area contributed by atoms with Crippen LogP contribution in [0.25, 0.3) is 0 Å². The van der Waals surface area contributed by atoms with Gasteiger partial charge in [-0.3, -0.25) is 4.79 Å². The highest BCUT2D eigenvalue weighted by molar-refractivity contribution is 5.77. The molecule has 0 atom stereocenters. The van der Waals surface area contributed by atoms with Crippen LogP contribution in [0.1, 0.15) is 43.2 Å². The number of nitrogens with zero attached hydrogens (tertiary/aromatic N) is 1. The Hall–Kier alpha value is -1.35. The Morgan fingerprint density at radius 3 is 2.67 bits per heavy atom. The summed E-state index contributed by atoms with van der Waals surface area (Å²) in [5.74, 6) is 0.948. The smallest absolute Gasteiger partial charge is 0.223 e. The number of piperidine rings is 1. The molecule has 0 spiro atoms. The number of hydrogen-bond donors (Lipinski definition) is 1. The molecule has 3 nitrogen and oxygen atoms in total. The van der Waals surface area contributed by atoms with Crippen LogP contribution >= 0.6 is 0 Å². The van der Waals surface area contributed by atoms with Gasteiger partial charge in [-0.1, -0.05) is 29.8 Å². The zero-order valence-corrected chi connectivity index (χ0v) is 13.0. The second kappa shape index (κ2) is 6.61. The van der Waals surface area contributed by atoms with Crippen molar-refractivity contribution in [2.24, 2.45) is 5.92 Å². The first-order chi connectivity index (χ1) is 10.2. The van der Waals surface area contributed by atoms with Crippen LogP contribution in [0.2, 0.25) is 0 Å². The molecule has 1 aromatic carbocycles. The van der Waals surface area contributed by atoms with Gasteiger partial charge in [0, 0.05) is 19.0 Å². The molecule has 2 aliphatic rings. The lowest BCUT2D eigenvalue weighted by molar-refractivity contribution is -0.133. The van der Waals surface area contributed by atoms with E-state index >= 15 is 0 Å². The third-order valence-corrected chi connectivity index (χ3v) is 4.67. The van der Waals surface area contributed by atoms with E-state index in [1.165, 1.54) is 24.0 Å². The first kappa shape index (κ1) is 14.6. The molecule has 1 amide bonds. The molecule has 3 rings (SSSR count). The van der Waals surface area contributed by atoms with Gasteiger partial charge < -0.3 is 10.2 Å². The van der Waals surface area contributed by atoms with Crippen molar-refractivity contribution in [2.75, 3.05) is 13.1 Å².